The van der Waals surface area contributed by atoms with Crippen molar-refractivity contribution in [1.29, 1.82) is 0 Å². The molecule has 3 heteroatoms. The van der Waals surface area contributed by atoms with Crippen molar-refractivity contribution in [3.05, 3.63) is 11.6 Å². The first kappa shape index (κ1) is 12.4. The Hall–Kier alpha value is -0.670. The number of hydrogen-bond acceptors (Lipinski definition) is 3. The normalized spacial score (nSPS) is 23.9. The Morgan fingerprint density at radius 1 is 1.47 bits per heavy atom. The first-order chi connectivity index (χ1) is 6.91. The van der Waals surface area contributed by atoms with Crippen LogP contribution < -0.4 is 0 Å². The van der Waals surface area contributed by atoms with Gasteiger partial charge in [0, 0.05) is 6.42 Å². The van der Waals surface area contributed by atoms with Gasteiger partial charge in [-0.25, -0.2) is 0 Å². The molecular formula is C12H20O3. The zero-order valence-corrected chi connectivity index (χ0v) is 10.0. The molecule has 0 aromatic carbocycles. The van der Waals surface area contributed by atoms with Gasteiger partial charge in [0.25, 0.3) is 0 Å². The summed E-state index contributed by atoms with van der Waals surface area (Å²) in [6, 6.07) is 0. The summed E-state index contributed by atoms with van der Waals surface area (Å²) in [6.07, 6.45) is 3.03. The third-order valence-electron chi connectivity index (χ3n) is 2.31. The summed E-state index contributed by atoms with van der Waals surface area (Å²) in [5, 5.41) is 0. The van der Waals surface area contributed by atoms with Gasteiger partial charge in [0.2, 0.25) is 0 Å². The second-order valence-corrected chi connectivity index (χ2v) is 4.60. The van der Waals surface area contributed by atoms with Crippen molar-refractivity contribution in [2.75, 3.05) is 6.61 Å². The largest absolute Gasteiger partial charge is 0.347 e. The van der Waals surface area contributed by atoms with Crippen LogP contribution in [0.1, 0.15) is 40.5 Å². The van der Waals surface area contributed by atoms with E-state index in [1.165, 1.54) is 5.57 Å². The lowest BCUT2D eigenvalue weighted by atomic mass is 10.1. The Kier molecular flexibility index (Phi) is 4.05. The summed E-state index contributed by atoms with van der Waals surface area (Å²) in [4.78, 5) is 11.7. The fraction of sp³-hybridized carbons (Fsp3) is 0.750. The minimum Gasteiger partial charge on any atom is -0.347 e. The highest BCUT2D eigenvalue weighted by Crippen LogP contribution is 2.23. The second-order valence-electron chi connectivity index (χ2n) is 4.60. The standard InChI is InChI=1S/C12H20O3/c1-9(2)6-5-7-10(13)11-8-14-12(3,4)15-11/h6,11H,5,7-8H2,1-4H3/t11-/m1/s1. The zero-order chi connectivity index (χ0) is 11.5. The van der Waals surface area contributed by atoms with Crippen LogP contribution in [0.5, 0.6) is 0 Å². The van der Waals surface area contributed by atoms with Crippen LogP contribution >= 0.6 is 0 Å². The van der Waals surface area contributed by atoms with Gasteiger partial charge in [-0.2, -0.15) is 0 Å². The fourth-order valence-electron chi connectivity index (χ4n) is 1.51. The highest BCUT2D eigenvalue weighted by molar-refractivity contribution is 5.83. The van der Waals surface area contributed by atoms with E-state index in [1.54, 1.807) is 0 Å². The van der Waals surface area contributed by atoms with Gasteiger partial charge in [0.15, 0.2) is 11.6 Å². The number of ketones is 1. The van der Waals surface area contributed by atoms with Crippen molar-refractivity contribution in [1.82, 2.24) is 0 Å². The molecule has 1 aliphatic heterocycles. The number of Topliss-reactive ketones (excluding diaryl/α,β-unsaturated/α-hetero) is 1. The lowest BCUT2D eigenvalue weighted by Gasteiger charge is -2.16. The minimum atomic E-state index is -0.600. The Morgan fingerprint density at radius 2 is 2.13 bits per heavy atom. The quantitative estimate of drug-likeness (QED) is 0.671. The van der Waals surface area contributed by atoms with Crippen molar-refractivity contribution in [3.8, 4) is 0 Å². The highest BCUT2D eigenvalue weighted by atomic mass is 16.7. The Morgan fingerprint density at radius 3 is 2.60 bits per heavy atom. The molecule has 86 valence electrons. The van der Waals surface area contributed by atoms with E-state index >= 15 is 0 Å². The molecule has 15 heavy (non-hydrogen) atoms. The van der Waals surface area contributed by atoms with Gasteiger partial charge in [-0.3, -0.25) is 4.79 Å². The second kappa shape index (κ2) is 4.90. The van der Waals surface area contributed by atoms with E-state index in [9.17, 15) is 4.79 Å². The van der Waals surface area contributed by atoms with Gasteiger partial charge in [0.1, 0.15) is 6.10 Å². The molecule has 0 aliphatic carbocycles. The van der Waals surface area contributed by atoms with E-state index in [4.69, 9.17) is 9.47 Å². The van der Waals surface area contributed by atoms with E-state index < -0.39 is 5.79 Å². The number of carbonyl (C=O) groups is 1. The molecule has 1 saturated heterocycles. The molecule has 0 radical (unpaired) electrons. The van der Waals surface area contributed by atoms with Gasteiger partial charge in [-0.05, 0) is 34.1 Å². The van der Waals surface area contributed by atoms with Crippen molar-refractivity contribution in [2.24, 2.45) is 0 Å². The zero-order valence-electron chi connectivity index (χ0n) is 10.0. The number of hydrogen-bond donors (Lipinski definition) is 0. The van der Waals surface area contributed by atoms with E-state index in [1.807, 2.05) is 27.7 Å². The van der Waals surface area contributed by atoms with Crippen LogP contribution in [-0.4, -0.2) is 24.3 Å². The third kappa shape index (κ3) is 4.14. The van der Waals surface area contributed by atoms with Crippen LogP contribution in [0.4, 0.5) is 0 Å². The van der Waals surface area contributed by atoms with Gasteiger partial charge < -0.3 is 9.47 Å². The van der Waals surface area contributed by atoms with E-state index in [-0.39, 0.29) is 11.9 Å². The van der Waals surface area contributed by atoms with Crippen LogP contribution in [0.15, 0.2) is 11.6 Å². The molecule has 3 nitrogen and oxygen atoms in total. The summed E-state index contributed by atoms with van der Waals surface area (Å²) in [7, 11) is 0. The SMILES string of the molecule is CC(C)=CCCC(=O)[C@H]1COC(C)(C)O1. The maximum Gasteiger partial charge on any atom is 0.164 e. The van der Waals surface area contributed by atoms with Crippen molar-refractivity contribution < 1.29 is 14.3 Å². The molecule has 1 fully saturated rings. The molecule has 0 aromatic rings. The van der Waals surface area contributed by atoms with Crippen LogP contribution in [0.2, 0.25) is 0 Å². The lowest BCUT2D eigenvalue weighted by molar-refractivity contribution is -0.151. The van der Waals surface area contributed by atoms with Gasteiger partial charge in [0.05, 0.1) is 6.61 Å². The molecule has 0 spiro atoms. The van der Waals surface area contributed by atoms with Crippen LogP contribution in [0.3, 0.4) is 0 Å². The third-order valence-corrected chi connectivity index (χ3v) is 2.31. The molecule has 1 atom stereocenters. The lowest BCUT2D eigenvalue weighted by Crippen LogP contribution is -2.26. The van der Waals surface area contributed by atoms with Crippen LogP contribution in [-0.2, 0) is 14.3 Å². The summed E-state index contributed by atoms with van der Waals surface area (Å²) in [6.45, 7) is 8.11. The molecule has 0 unspecified atom stereocenters. The molecular weight excluding hydrogens is 192 g/mol. The molecule has 0 bridgehead atoms. The molecule has 0 N–H and O–H groups in total. The molecule has 0 saturated carbocycles. The Balaban J connectivity index is 2.33. The van der Waals surface area contributed by atoms with Gasteiger partial charge >= 0.3 is 0 Å². The minimum absolute atomic E-state index is 0.137. The number of allylic oxidation sites excluding steroid dienone is 2. The first-order valence-corrected chi connectivity index (χ1v) is 5.38. The van der Waals surface area contributed by atoms with Crippen molar-refractivity contribution in [3.63, 3.8) is 0 Å². The van der Waals surface area contributed by atoms with Gasteiger partial charge in [-0.15, -0.1) is 0 Å². The number of carbonyl (C=O) groups excluding carboxylic acids is 1. The molecule has 0 aromatic heterocycles. The Bertz CT molecular complexity index is 262. The summed E-state index contributed by atoms with van der Waals surface area (Å²) < 4.78 is 10.8. The van der Waals surface area contributed by atoms with E-state index in [2.05, 4.69) is 6.08 Å². The molecule has 1 heterocycles. The maximum atomic E-state index is 11.7. The maximum absolute atomic E-state index is 11.7. The highest BCUT2D eigenvalue weighted by Gasteiger charge is 2.36. The predicted octanol–water partition coefficient (Wildman–Crippen LogP) is 2.45. The van der Waals surface area contributed by atoms with Crippen molar-refractivity contribution in [2.45, 2.75) is 52.4 Å². The monoisotopic (exact) mass is 212 g/mol. The van der Waals surface area contributed by atoms with Crippen molar-refractivity contribution >= 4 is 5.78 Å². The molecule has 0 amide bonds. The van der Waals surface area contributed by atoms with E-state index in [0.29, 0.717) is 13.0 Å². The number of rotatable bonds is 4. The van der Waals surface area contributed by atoms with Crippen LogP contribution in [0, 0.1) is 0 Å². The number of ether oxygens (including phenoxy) is 2. The molecule has 1 aliphatic rings. The Labute approximate surface area is 91.4 Å². The topological polar surface area (TPSA) is 35.5 Å². The summed E-state index contributed by atoms with van der Waals surface area (Å²) in [5.74, 6) is -0.463. The predicted molar refractivity (Wildman–Crippen MR) is 58.6 cm³/mol. The smallest absolute Gasteiger partial charge is 0.164 e. The fourth-order valence-corrected chi connectivity index (χ4v) is 1.51. The summed E-state index contributed by atoms with van der Waals surface area (Å²) >= 11 is 0. The average Bonchev–Trinajstić information content (AvgIpc) is 2.45. The first-order valence-electron chi connectivity index (χ1n) is 5.38. The van der Waals surface area contributed by atoms with E-state index in [0.717, 1.165) is 6.42 Å². The molecule has 1 rings (SSSR count). The average molecular weight is 212 g/mol. The summed E-state index contributed by atoms with van der Waals surface area (Å²) in [5.41, 5.74) is 1.24. The van der Waals surface area contributed by atoms with Crippen LogP contribution in [0.25, 0.3) is 0 Å². The van der Waals surface area contributed by atoms with Gasteiger partial charge in [-0.1, -0.05) is 11.6 Å².